The first-order chi connectivity index (χ1) is 9.82. The van der Waals surface area contributed by atoms with Crippen LogP contribution in [0.25, 0.3) is 0 Å². The Morgan fingerprint density at radius 3 is 2.48 bits per heavy atom. The van der Waals surface area contributed by atoms with Crippen molar-refractivity contribution in [2.75, 3.05) is 0 Å². The lowest BCUT2D eigenvalue weighted by atomic mass is 9.84. The molecular weight excluding hydrogens is 308 g/mol. The van der Waals surface area contributed by atoms with Gasteiger partial charge in [0, 0.05) is 10.7 Å². The van der Waals surface area contributed by atoms with Crippen LogP contribution in [0.15, 0.2) is 17.0 Å². The van der Waals surface area contributed by atoms with E-state index in [9.17, 15) is 8.42 Å². The van der Waals surface area contributed by atoms with Crippen molar-refractivity contribution in [3.63, 3.8) is 0 Å². The minimum atomic E-state index is -3.70. The van der Waals surface area contributed by atoms with Crippen LogP contribution in [0, 0.1) is 19.8 Å². The molecule has 1 fully saturated rings. The van der Waals surface area contributed by atoms with Crippen molar-refractivity contribution in [3.05, 3.63) is 23.3 Å². The molecule has 0 heterocycles. The fourth-order valence-corrected chi connectivity index (χ4v) is 4.37. The lowest BCUT2D eigenvalue weighted by Gasteiger charge is -2.32. The first-order valence-electron chi connectivity index (χ1n) is 7.55. The molecule has 21 heavy (non-hydrogen) atoms. The molecular formula is C16H23ClO3S. The Morgan fingerprint density at radius 1 is 1.19 bits per heavy atom. The molecule has 0 spiro atoms. The van der Waals surface area contributed by atoms with Crippen molar-refractivity contribution < 1.29 is 13.2 Å². The van der Waals surface area contributed by atoms with Gasteiger partial charge in [-0.1, -0.05) is 13.3 Å². The van der Waals surface area contributed by atoms with E-state index < -0.39 is 9.05 Å². The van der Waals surface area contributed by atoms with E-state index in [1.54, 1.807) is 19.1 Å². The van der Waals surface area contributed by atoms with Crippen LogP contribution in [-0.2, 0) is 9.05 Å². The molecule has 0 bridgehead atoms. The van der Waals surface area contributed by atoms with Gasteiger partial charge < -0.3 is 4.74 Å². The molecule has 0 N–H and O–H groups in total. The average molecular weight is 331 g/mol. The smallest absolute Gasteiger partial charge is 0.261 e. The normalized spacial score (nSPS) is 23.0. The highest BCUT2D eigenvalue weighted by Gasteiger charge is 2.26. The van der Waals surface area contributed by atoms with Crippen molar-refractivity contribution in [1.29, 1.82) is 0 Å². The molecule has 5 heteroatoms. The van der Waals surface area contributed by atoms with Gasteiger partial charge in [0.05, 0.1) is 4.90 Å². The van der Waals surface area contributed by atoms with Crippen molar-refractivity contribution in [3.8, 4) is 5.75 Å². The highest BCUT2D eigenvalue weighted by Crippen LogP contribution is 2.33. The molecule has 0 amide bonds. The van der Waals surface area contributed by atoms with Crippen LogP contribution in [-0.4, -0.2) is 14.5 Å². The van der Waals surface area contributed by atoms with Crippen molar-refractivity contribution >= 4 is 19.7 Å². The number of hydrogen-bond donors (Lipinski definition) is 0. The summed E-state index contributed by atoms with van der Waals surface area (Å²) in [7, 11) is 1.75. The minimum Gasteiger partial charge on any atom is -0.490 e. The molecule has 0 saturated heterocycles. The third-order valence-electron chi connectivity index (χ3n) is 4.38. The third kappa shape index (κ3) is 3.92. The van der Waals surface area contributed by atoms with Crippen molar-refractivity contribution in [1.82, 2.24) is 0 Å². The zero-order valence-electron chi connectivity index (χ0n) is 12.9. The molecule has 2 atom stereocenters. The molecule has 2 rings (SSSR count). The van der Waals surface area contributed by atoms with Crippen LogP contribution in [0.4, 0.5) is 0 Å². The maximum absolute atomic E-state index is 11.5. The Hall–Kier alpha value is -0.740. The zero-order valence-corrected chi connectivity index (χ0v) is 14.4. The number of halogens is 1. The highest BCUT2D eigenvalue weighted by atomic mass is 35.7. The van der Waals surface area contributed by atoms with E-state index in [1.807, 2.05) is 6.92 Å². The Balaban J connectivity index is 2.27. The number of aryl methyl sites for hydroxylation is 2. The fourth-order valence-electron chi connectivity index (χ4n) is 3.11. The first-order valence-corrected chi connectivity index (χ1v) is 9.86. The molecule has 1 aliphatic carbocycles. The number of hydrogen-bond acceptors (Lipinski definition) is 3. The lowest BCUT2D eigenvalue weighted by molar-refractivity contribution is 0.0896. The van der Waals surface area contributed by atoms with Crippen LogP contribution < -0.4 is 4.74 Å². The second-order valence-electron chi connectivity index (χ2n) is 5.93. The summed E-state index contributed by atoms with van der Waals surface area (Å²) in [4.78, 5) is 0.171. The maximum atomic E-state index is 11.5. The van der Waals surface area contributed by atoms with Gasteiger partial charge in [-0.15, -0.1) is 0 Å². The second kappa shape index (κ2) is 6.57. The van der Waals surface area contributed by atoms with E-state index in [4.69, 9.17) is 15.4 Å². The standard InChI is InChI=1S/C16H23ClO3S/c1-4-13-7-5-6-8-14(13)20-15-9-12(3)16(10-11(15)2)21(17,18)19/h9-10,13-14H,4-8H2,1-3H3. The number of benzene rings is 1. The van der Waals surface area contributed by atoms with E-state index in [1.165, 1.54) is 19.3 Å². The summed E-state index contributed by atoms with van der Waals surface area (Å²) < 4.78 is 29.3. The second-order valence-corrected chi connectivity index (χ2v) is 8.46. The Bertz CT molecular complexity index is 610. The van der Waals surface area contributed by atoms with Gasteiger partial charge in [-0.2, -0.15) is 0 Å². The summed E-state index contributed by atoms with van der Waals surface area (Å²) >= 11 is 0. The summed E-state index contributed by atoms with van der Waals surface area (Å²) in [6.07, 6.45) is 6.13. The lowest BCUT2D eigenvalue weighted by Crippen LogP contribution is -2.30. The number of ether oxygens (including phenoxy) is 1. The van der Waals surface area contributed by atoms with E-state index >= 15 is 0 Å². The summed E-state index contributed by atoms with van der Waals surface area (Å²) in [5.41, 5.74) is 1.45. The van der Waals surface area contributed by atoms with Crippen LogP contribution in [0.5, 0.6) is 5.75 Å². The summed E-state index contributed by atoms with van der Waals surface area (Å²) in [5.74, 6) is 1.37. The predicted molar refractivity (Wildman–Crippen MR) is 85.6 cm³/mol. The molecule has 0 aromatic heterocycles. The summed E-state index contributed by atoms with van der Waals surface area (Å²) in [5, 5.41) is 0. The van der Waals surface area contributed by atoms with Gasteiger partial charge in [-0.05, 0) is 68.7 Å². The Labute approximate surface area is 132 Å². The maximum Gasteiger partial charge on any atom is 0.261 e. The van der Waals surface area contributed by atoms with Gasteiger partial charge in [0.15, 0.2) is 0 Å². The van der Waals surface area contributed by atoms with E-state index in [2.05, 4.69) is 6.92 Å². The topological polar surface area (TPSA) is 43.4 Å². The highest BCUT2D eigenvalue weighted by molar-refractivity contribution is 8.13. The van der Waals surface area contributed by atoms with Gasteiger partial charge in [-0.3, -0.25) is 0 Å². The van der Waals surface area contributed by atoms with Gasteiger partial charge in [-0.25, -0.2) is 8.42 Å². The summed E-state index contributed by atoms with van der Waals surface area (Å²) in [6, 6.07) is 3.41. The SMILES string of the molecule is CCC1CCCCC1Oc1cc(C)c(S(=O)(=O)Cl)cc1C. The average Bonchev–Trinajstić information content (AvgIpc) is 2.42. The van der Waals surface area contributed by atoms with E-state index in [-0.39, 0.29) is 11.0 Å². The van der Waals surface area contributed by atoms with Gasteiger partial charge in [0.2, 0.25) is 0 Å². The van der Waals surface area contributed by atoms with E-state index in [0.717, 1.165) is 24.2 Å². The molecule has 118 valence electrons. The molecule has 0 radical (unpaired) electrons. The van der Waals surface area contributed by atoms with Gasteiger partial charge in [0.1, 0.15) is 11.9 Å². The Kier molecular flexibility index (Phi) is 5.20. The van der Waals surface area contributed by atoms with Crippen LogP contribution in [0.1, 0.15) is 50.2 Å². The minimum absolute atomic E-state index is 0.171. The monoisotopic (exact) mass is 330 g/mol. The largest absolute Gasteiger partial charge is 0.490 e. The van der Waals surface area contributed by atoms with Gasteiger partial charge >= 0.3 is 0 Å². The quantitative estimate of drug-likeness (QED) is 0.759. The number of rotatable bonds is 4. The van der Waals surface area contributed by atoms with Gasteiger partial charge in [0.25, 0.3) is 9.05 Å². The molecule has 1 aromatic carbocycles. The van der Waals surface area contributed by atoms with Crippen LogP contribution >= 0.6 is 10.7 Å². The fraction of sp³-hybridized carbons (Fsp3) is 0.625. The first kappa shape index (κ1) is 16.6. The van der Waals surface area contributed by atoms with Crippen molar-refractivity contribution in [2.45, 2.75) is 63.9 Å². The third-order valence-corrected chi connectivity index (χ3v) is 5.84. The molecule has 1 aliphatic rings. The van der Waals surface area contributed by atoms with Crippen molar-refractivity contribution in [2.24, 2.45) is 5.92 Å². The molecule has 0 aliphatic heterocycles. The van der Waals surface area contributed by atoms with E-state index in [0.29, 0.717) is 11.5 Å². The molecule has 2 unspecified atom stereocenters. The van der Waals surface area contributed by atoms with Crippen LogP contribution in [0.2, 0.25) is 0 Å². The molecule has 1 aromatic rings. The Morgan fingerprint density at radius 2 is 1.86 bits per heavy atom. The molecule has 1 saturated carbocycles. The zero-order chi connectivity index (χ0) is 15.6. The molecule has 3 nitrogen and oxygen atoms in total. The summed E-state index contributed by atoms with van der Waals surface area (Å²) in [6.45, 7) is 5.82. The van der Waals surface area contributed by atoms with Crippen LogP contribution in [0.3, 0.4) is 0 Å². The predicted octanol–water partition coefficient (Wildman–Crippen LogP) is 4.58.